The molecule has 0 radical (unpaired) electrons. The Kier molecular flexibility index (Phi) is 7.21. The first-order valence-corrected chi connectivity index (χ1v) is 12.5. The van der Waals surface area contributed by atoms with Gasteiger partial charge < -0.3 is 9.64 Å². The van der Waals surface area contributed by atoms with Crippen molar-refractivity contribution in [3.8, 4) is 0 Å². The molecule has 0 unspecified atom stereocenters. The highest BCUT2D eigenvalue weighted by Gasteiger charge is 2.33. The number of nitrogens with zero attached hydrogens (tertiary/aromatic N) is 4. The number of piperidine rings is 1. The van der Waals surface area contributed by atoms with Gasteiger partial charge in [0.2, 0.25) is 0 Å². The SMILES string of the molecule is COCCCN1C(=O)/C(=C\c2c(N3C[C@H](C)C[C@H](C)C3)nc3ccc(C)cn3c2=O)SC1=S. The smallest absolute Gasteiger partial charge is 0.267 e. The molecule has 9 heteroatoms. The summed E-state index contributed by atoms with van der Waals surface area (Å²) in [5.74, 6) is 1.48. The second-order valence-corrected chi connectivity index (χ2v) is 10.8. The lowest BCUT2D eigenvalue weighted by atomic mass is 9.91. The Labute approximate surface area is 203 Å². The first-order chi connectivity index (χ1) is 15.8. The van der Waals surface area contributed by atoms with Crippen molar-refractivity contribution in [3.05, 3.63) is 44.7 Å². The van der Waals surface area contributed by atoms with Gasteiger partial charge in [-0.25, -0.2) is 4.98 Å². The average molecular weight is 487 g/mol. The second-order valence-electron chi connectivity index (χ2n) is 9.12. The van der Waals surface area contributed by atoms with Gasteiger partial charge in [-0.15, -0.1) is 0 Å². The van der Waals surface area contributed by atoms with Gasteiger partial charge in [0.25, 0.3) is 11.5 Å². The molecule has 0 bridgehead atoms. The number of carbonyl (C=O) groups is 1. The summed E-state index contributed by atoms with van der Waals surface area (Å²) in [6, 6.07) is 3.83. The molecule has 176 valence electrons. The normalized spacial score (nSPS) is 22.7. The molecule has 2 aliphatic heterocycles. The van der Waals surface area contributed by atoms with Gasteiger partial charge in [-0.05, 0) is 49.3 Å². The van der Waals surface area contributed by atoms with Gasteiger partial charge in [0.15, 0.2) is 0 Å². The molecule has 2 aliphatic rings. The number of hydrogen-bond acceptors (Lipinski definition) is 7. The molecule has 1 amide bonds. The highest BCUT2D eigenvalue weighted by molar-refractivity contribution is 8.26. The highest BCUT2D eigenvalue weighted by Crippen LogP contribution is 2.34. The van der Waals surface area contributed by atoms with Crippen LogP contribution in [-0.2, 0) is 9.53 Å². The molecule has 0 aliphatic carbocycles. The van der Waals surface area contributed by atoms with E-state index in [-0.39, 0.29) is 11.5 Å². The van der Waals surface area contributed by atoms with Crippen molar-refractivity contribution in [2.24, 2.45) is 11.8 Å². The zero-order chi connectivity index (χ0) is 23.7. The highest BCUT2D eigenvalue weighted by atomic mass is 32.2. The molecular weight excluding hydrogens is 456 g/mol. The summed E-state index contributed by atoms with van der Waals surface area (Å²) in [4.78, 5) is 35.9. The average Bonchev–Trinajstić information content (AvgIpc) is 3.02. The standard InChI is InChI=1S/C24H30N4O3S2/c1-15-6-7-20-25-21(26-12-16(2)10-17(3)13-26)18(22(29)28(20)14-15)11-19-23(30)27(24(32)33-19)8-5-9-31-4/h6-7,11,14,16-17H,5,8-10,12-13H2,1-4H3/b19-11+/t16-,17+. The maximum atomic E-state index is 13.6. The second kappa shape index (κ2) is 9.95. The molecule has 0 N–H and O–H groups in total. The predicted octanol–water partition coefficient (Wildman–Crippen LogP) is 3.72. The van der Waals surface area contributed by atoms with Crippen molar-refractivity contribution >= 4 is 51.7 Å². The van der Waals surface area contributed by atoms with Gasteiger partial charge in [0, 0.05) is 39.5 Å². The molecule has 0 aromatic carbocycles. The van der Waals surface area contributed by atoms with Gasteiger partial charge in [0.05, 0.1) is 10.5 Å². The number of aromatic nitrogens is 2. The first kappa shape index (κ1) is 23.9. The van der Waals surface area contributed by atoms with Crippen LogP contribution in [0.15, 0.2) is 28.0 Å². The fourth-order valence-electron chi connectivity index (χ4n) is 4.64. The summed E-state index contributed by atoms with van der Waals surface area (Å²) in [6.45, 7) is 9.11. The topological polar surface area (TPSA) is 67.2 Å². The van der Waals surface area contributed by atoms with E-state index >= 15 is 0 Å². The van der Waals surface area contributed by atoms with Crippen LogP contribution in [0.4, 0.5) is 5.82 Å². The quantitative estimate of drug-likeness (QED) is 0.350. The molecule has 4 rings (SSSR count). The maximum Gasteiger partial charge on any atom is 0.267 e. The Hall–Kier alpha value is -2.23. The monoisotopic (exact) mass is 486 g/mol. The largest absolute Gasteiger partial charge is 0.385 e. The van der Waals surface area contributed by atoms with Gasteiger partial charge in [0.1, 0.15) is 15.8 Å². The van der Waals surface area contributed by atoms with Crippen LogP contribution < -0.4 is 10.5 Å². The molecule has 2 saturated heterocycles. The molecule has 2 atom stereocenters. The predicted molar refractivity (Wildman–Crippen MR) is 138 cm³/mol. The Bertz CT molecular complexity index is 1170. The Morgan fingerprint density at radius 1 is 1.24 bits per heavy atom. The summed E-state index contributed by atoms with van der Waals surface area (Å²) < 4.78 is 7.18. The van der Waals surface area contributed by atoms with Gasteiger partial charge in [-0.1, -0.05) is 43.9 Å². The molecule has 2 aromatic heterocycles. The minimum atomic E-state index is -0.172. The van der Waals surface area contributed by atoms with Crippen molar-refractivity contribution < 1.29 is 9.53 Å². The van der Waals surface area contributed by atoms with Crippen molar-refractivity contribution in [2.75, 3.05) is 38.3 Å². The molecule has 7 nitrogen and oxygen atoms in total. The maximum absolute atomic E-state index is 13.6. The lowest BCUT2D eigenvalue weighted by Gasteiger charge is -2.36. The van der Waals surface area contributed by atoms with Crippen LogP contribution in [0.2, 0.25) is 0 Å². The van der Waals surface area contributed by atoms with E-state index in [1.807, 2.05) is 19.1 Å². The molecule has 2 fully saturated rings. The van der Waals surface area contributed by atoms with Crippen molar-refractivity contribution in [3.63, 3.8) is 0 Å². The fraction of sp³-hybridized carbons (Fsp3) is 0.500. The lowest BCUT2D eigenvalue weighted by Crippen LogP contribution is -2.40. The van der Waals surface area contributed by atoms with Crippen LogP contribution in [-0.4, -0.2) is 57.9 Å². The van der Waals surface area contributed by atoms with E-state index in [4.69, 9.17) is 21.9 Å². The van der Waals surface area contributed by atoms with Crippen molar-refractivity contribution in [1.29, 1.82) is 0 Å². The number of amides is 1. The molecule has 4 heterocycles. The number of thiocarbonyl (C=S) groups is 1. The summed E-state index contributed by atoms with van der Waals surface area (Å²) in [6.07, 6.45) is 5.34. The van der Waals surface area contributed by atoms with E-state index in [9.17, 15) is 9.59 Å². The van der Waals surface area contributed by atoms with Gasteiger partial charge in [-0.3, -0.25) is 18.9 Å². The van der Waals surface area contributed by atoms with Crippen molar-refractivity contribution in [2.45, 2.75) is 33.6 Å². The lowest BCUT2D eigenvalue weighted by molar-refractivity contribution is -0.122. The Morgan fingerprint density at radius 2 is 1.97 bits per heavy atom. The van der Waals surface area contributed by atoms with Crippen molar-refractivity contribution in [1.82, 2.24) is 14.3 Å². The third-order valence-corrected chi connectivity index (χ3v) is 7.41. The zero-order valence-electron chi connectivity index (χ0n) is 19.5. The zero-order valence-corrected chi connectivity index (χ0v) is 21.2. The van der Waals surface area contributed by atoms with E-state index in [1.165, 1.54) is 11.8 Å². The number of fused-ring (bicyclic) bond motifs is 1. The summed E-state index contributed by atoms with van der Waals surface area (Å²) in [7, 11) is 1.63. The third kappa shape index (κ3) is 5.00. The van der Waals surface area contributed by atoms with Crippen LogP contribution in [0, 0.1) is 18.8 Å². The van der Waals surface area contributed by atoms with Crippen LogP contribution in [0.25, 0.3) is 11.7 Å². The minimum Gasteiger partial charge on any atom is -0.385 e. The molecular formula is C24H30N4O3S2. The van der Waals surface area contributed by atoms with Crippen LogP contribution in [0.5, 0.6) is 0 Å². The van der Waals surface area contributed by atoms with E-state index < -0.39 is 0 Å². The number of methoxy groups -OCH3 is 1. The van der Waals surface area contributed by atoms with Crippen LogP contribution in [0.1, 0.15) is 37.8 Å². The van der Waals surface area contributed by atoms with E-state index in [1.54, 1.807) is 28.7 Å². The number of aryl methyl sites for hydroxylation is 1. The number of ether oxygens (including phenoxy) is 1. The summed E-state index contributed by atoms with van der Waals surface area (Å²) in [5, 5.41) is 0. The summed E-state index contributed by atoms with van der Waals surface area (Å²) in [5.41, 5.74) is 1.84. The van der Waals surface area contributed by atoms with E-state index in [0.717, 1.165) is 25.1 Å². The molecule has 2 aromatic rings. The van der Waals surface area contributed by atoms with Crippen LogP contribution >= 0.6 is 24.0 Å². The van der Waals surface area contributed by atoms with Gasteiger partial charge >= 0.3 is 0 Å². The molecule has 0 spiro atoms. The van der Waals surface area contributed by atoms with E-state index in [2.05, 4.69) is 18.7 Å². The number of rotatable bonds is 6. The Morgan fingerprint density at radius 3 is 2.67 bits per heavy atom. The molecule has 33 heavy (non-hydrogen) atoms. The Balaban J connectivity index is 1.80. The number of hydrogen-bond donors (Lipinski definition) is 0. The first-order valence-electron chi connectivity index (χ1n) is 11.3. The number of carbonyl (C=O) groups excluding carboxylic acids is 1. The third-order valence-electron chi connectivity index (χ3n) is 6.03. The van der Waals surface area contributed by atoms with E-state index in [0.29, 0.717) is 57.7 Å². The number of pyridine rings is 1. The van der Waals surface area contributed by atoms with Gasteiger partial charge in [-0.2, -0.15) is 0 Å². The summed E-state index contributed by atoms with van der Waals surface area (Å²) >= 11 is 6.70. The molecule has 0 saturated carbocycles. The number of thioether (sulfide) groups is 1. The minimum absolute atomic E-state index is 0.166. The fourth-order valence-corrected chi connectivity index (χ4v) is 5.93. The van der Waals surface area contributed by atoms with Crippen LogP contribution in [0.3, 0.4) is 0 Å². The number of anilines is 1.